The summed E-state index contributed by atoms with van der Waals surface area (Å²) in [7, 11) is 1.94. The second kappa shape index (κ2) is 5.37. The number of benzene rings is 1. The Morgan fingerprint density at radius 3 is 2.82 bits per heavy atom. The van der Waals surface area contributed by atoms with Gasteiger partial charge < -0.3 is 4.57 Å². The molecule has 2 aromatic rings. The van der Waals surface area contributed by atoms with Crippen molar-refractivity contribution in [3.8, 4) is 6.07 Å². The van der Waals surface area contributed by atoms with Crippen molar-refractivity contribution in [2.24, 2.45) is 7.05 Å². The number of nitrogens with zero attached hydrogens (tertiary/aromatic N) is 3. The summed E-state index contributed by atoms with van der Waals surface area (Å²) in [5.74, 6) is 0. The van der Waals surface area contributed by atoms with Gasteiger partial charge in [0.1, 0.15) is 0 Å². The van der Waals surface area contributed by atoms with Crippen LogP contribution >= 0.6 is 11.8 Å². The van der Waals surface area contributed by atoms with Gasteiger partial charge in [0.25, 0.3) is 0 Å². The van der Waals surface area contributed by atoms with Gasteiger partial charge in [-0.05, 0) is 18.2 Å². The molecular formula is C13H11N3S. The van der Waals surface area contributed by atoms with Crippen molar-refractivity contribution in [1.29, 1.82) is 5.26 Å². The highest BCUT2D eigenvalue weighted by Gasteiger charge is 2.05. The Balaban J connectivity index is 2.21. The third-order valence-electron chi connectivity index (χ3n) is 2.26. The van der Waals surface area contributed by atoms with Crippen LogP contribution in [0.4, 0.5) is 0 Å². The molecule has 3 nitrogen and oxygen atoms in total. The van der Waals surface area contributed by atoms with E-state index in [1.165, 1.54) is 6.08 Å². The molecule has 1 aromatic heterocycles. The van der Waals surface area contributed by atoms with E-state index in [9.17, 15) is 0 Å². The highest BCUT2D eigenvalue weighted by atomic mass is 32.2. The number of nitriles is 1. The van der Waals surface area contributed by atoms with Gasteiger partial charge >= 0.3 is 0 Å². The molecule has 1 heterocycles. The van der Waals surface area contributed by atoms with E-state index in [1.54, 1.807) is 24.0 Å². The fourth-order valence-corrected chi connectivity index (χ4v) is 2.22. The SMILES string of the molecule is Cn1c(/C=C/C#N)cnc1Sc1ccccc1. The number of aromatic nitrogens is 2. The molecule has 4 heteroatoms. The maximum Gasteiger partial charge on any atom is 0.173 e. The largest absolute Gasteiger partial charge is 0.322 e. The van der Waals surface area contributed by atoms with Gasteiger partial charge in [-0.1, -0.05) is 30.0 Å². The molecule has 17 heavy (non-hydrogen) atoms. The fourth-order valence-electron chi connectivity index (χ4n) is 1.37. The van der Waals surface area contributed by atoms with Crippen LogP contribution in [0.15, 0.2) is 52.7 Å². The van der Waals surface area contributed by atoms with Crippen LogP contribution < -0.4 is 0 Å². The molecule has 84 valence electrons. The van der Waals surface area contributed by atoms with Gasteiger partial charge in [0.15, 0.2) is 5.16 Å². The maximum atomic E-state index is 8.49. The smallest absolute Gasteiger partial charge is 0.173 e. The van der Waals surface area contributed by atoms with Crippen LogP contribution in [0.2, 0.25) is 0 Å². The molecule has 0 amide bonds. The minimum atomic E-state index is 0.911. The summed E-state index contributed by atoms with van der Waals surface area (Å²) in [6.07, 6.45) is 4.97. The van der Waals surface area contributed by atoms with Crippen LogP contribution in [0.5, 0.6) is 0 Å². The third-order valence-corrected chi connectivity index (χ3v) is 3.33. The number of allylic oxidation sites excluding steroid dienone is 1. The topological polar surface area (TPSA) is 41.6 Å². The molecule has 0 atom stereocenters. The average Bonchev–Trinajstić information content (AvgIpc) is 2.70. The number of hydrogen-bond donors (Lipinski definition) is 0. The molecule has 0 aliphatic heterocycles. The van der Waals surface area contributed by atoms with Gasteiger partial charge in [0.05, 0.1) is 18.0 Å². The summed E-state index contributed by atoms with van der Waals surface area (Å²) >= 11 is 1.60. The first kappa shape index (κ1) is 11.5. The molecule has 0 saturated carbocycles. The Morgan fingerprint density at radius 1 is 1.35 bits per heavy atom. The van der Waals surface area contributed by atoms with E-state index in [0.717, 1.165) is 15.7 Å². The Bertz CT molecular complexity index is 564. The van der Waals surface area contributed by atoms with Crippen molar-refractivity contribution in [1.82, 2.24) is 9.55 Å². The summed E-state index contributed by atoms with van der Waals surface area (Å²) < 4.78 is 1.96. The van der Waals surface area contributed by atoms with E-state index in [1.807, 2.05) is 48.0 Å². The first-order valence-corrected chi connectivity index (χ1v) is 5.93. The van der Waals surface area contributed by atoms with Crippen LogP contribution in [-0.2, 0) is 7.05 Å². The molecule has 0 fully saturated rings. The van der Waals surface area contributed by atoms with Crippen LogP contribution in [0.1, 0.15) is 5.69 Å². The van der Waals surface area contributed by atoms with Crippen LogP contribution in [0.25, 0.3) is 6.08 Å². The highest BCUT2D eigenvalue weighted by Crippen LogP contribution is 2.26. The van der Waals surface area contributed by atoms with E-state index in [2.05, 4.69) is 4.98 Å². The predicted molar refractivity (Wildman–Crippen MR) is 68.4 cm³/mol. The van der Waals surface area contributed by atoms with Gasteiger partial charge in [-0.25, -0.2) is 4.98 Å². The zero-order valence-corrected chi connectivity index (χ0v) is 10.2. The predicted octanol–water partition coefficient (Wildman–Crippen LogP) is 3.11. The van der Waals surface area contributed by atoms with Crippen molar-refractivity contribution in [2.45, 2.75) is 10.1 Å². The van der Waals surface area contributed by atoms with Crippen molar-refractivity contribution in [3.63, 3.8) is 0 Å². The van der Waals surface area contributed by atoms with Gasteiger partial charge in [-0.15, -0.1) is 0 Å². The Hall–Kier alpha value is -1.99. The normalized spacial score (nSPS) is 10.6. The zero-order valence-electron chi connectivity index (χ0n) is 9.37. The van der Waals surface area contributed by atoms with Crippen molar-refractivity contribution < 1.29 is 0 Å². The minimum Gasteiger partial charge on any atom is -0.322 e. The standard InChI is InChI=1S/C13H11N3S/c1-16-11(6-5-9-14)10-15-13(16)17-12-7-3-2-4-8-12/h2-8,10H,1H3/b6-5+. The molecular weight excluding hydrogens is 230 g/mol. The number of imidazole rings is 1. The highest BCUT2D eigenvalue weighted by molar-refractivity contribution is 7.99. The lowest BCUT2D eigenvalue weighted by molar-refractivity contribution is 0.783. The average molecular weight is 241 g/mol. The molecule has 0 radical (unpaired) electrons. The van der Waals surface area contributed by atoms with Gasteiger partial charge in [0.2, 0.25) is 0 Å². The van der Waals surface area contributed by atoms with Crippen LogP contribution in [0, 0.1) is 11.3 Å². The van der Waals surface area contributed by atoms with Crippen molar-refractivity contribution in [3.05, 3.63) is 48.3 Å². The summed E-state index contributed by atoms with van der Waals surface area (Å²) in [6.45, 7) is 0. The van der Waals surface area contributed by atoms with E-state index < -0.39 is 0 Å². The van der Waals surface area contributed by atoms with Crippen molar-refractivity contribution in [2.75, 3.05) is 0 Å². The van der Waals surface area contributed by atoms with Gasteiger partial charge in [-0.2, -0.15) is 5.26 Å². The fraction of sp³-hybridized carbons (Fsp3) is 0.0769. The van der Waals surface area contributed by atoms with Crippen molar-refractivity contribution >= 4 is 17.8 Å². The minimum absolute atomic E-state index is 0.911. The van der Waals surface area contributed by atoms with E-state index in [4.69, 9.17) is 5.26 Å². The second-order valence-electron chi connectivity index (χ2n) is 3.40. The summed E-state index contributed by atoms with van der Waals surface area (Å²) in [4.78, 5) is 5.48. The monoisotopic (exact) mass is 241 g/mol. The molecule has 0 spiro atoms. The number of hydrogen-bond acceptors (Lipinski definition) is 3. The lowest BCUT2D eigenvalue weighted by atomic mass is 10.4. The lowest BCUT2D eigenvalue weighted by Crippen LogP contribution is -1.92. The number of rotatable bonds is 3. The lowest BCUT2D eigenvalue weighted by Gasteiger charge is -2.02. The molecule has 0 aliphatic carbocycles. The third kappa shape index (κ3) is 2.77. The molecule has 0 bridgehead atoms. The summed E-state index contributed by atoms with van der Waals surface area (Å²) in [5, 5.41) is 9.40. The molecule has 1 aromatic carbocycles. The molecule has 0 aliphatic rings. The second-order valence-corrected chi connectivity index (χ2v) is 4.44. The molecule has 0 unspecified atom stereocenters. The molecule has 0 saturated heterocycles. The van der Waals surface area contributed by atoms with Crippen LogP contribution in [-0.4, -0.2) is 9.55 Å². The Labute approximate surface area is 104 Å². The first-order valence-electron chi connectivity index (χ1n) is 5.12. The summed E-state index contributed by atoms with van der Waals surface area (Å²) in [5.41, 5.74) is 0.921. The summed E-state index contributed by atoms with van der Waals surface area (Å²) in [6, 6.07) is 12.1. The van der Waals surface area contributed by atoms with Gasteiger partial charge in [0, 0.05) is 18.0 Å². The van der Waals surface area contributed by atoms with E-state index in [0.29, 0.717) is 0 Å². The molecule has 0 N–H and O–H groups in total. The Morgan fingerprint density at radius 2 is 2.12 bits per heavy atom. The van der Waals surface area contributed by atoms with Crippen LogP contribution in [0.3, 0.4) is 0 Å². The maximum absolute atomic E-state index is 8.49. The van der Waals surface area contributed by atoms with E-state index in [-0.39, 0.29) is 0 Å². The van der Waals surface area contributed by atoms with E-state index >= 15 is 0 Å². The first-order chi connectivity index (χ1) is 8.31. The zero-order chi connectivity index (χ0) is 12.1. The molecule has 2 rings (SSSR count). The van der Waals surface area contributed by atoms with Gasteiger partial charge in [-0.3, -0.25) is 0 Å². The quantitative estimate of drug-likeness (QED) is 0.775. The Kier molecular flexibility index (Phi) is 3.63.